The van der Waals surface area contributed by atoms with Crippen molar-refractivity contribution in [3.63, 3.8) is 0 Å². The van der Waals surface area contributed by atoms with E-state index in [-0.39, 0.29) is 17.4 Å². The fraction of sp³-hybridized carbons (Fsp3) is 0.538. The zero-order valence-electron chi connectivity index (χ0n) is 10.6. The Morgan fingerprint density at radius 1 is 1.50 bits per heavy atom. The van der Waals surface area contributed by atoms with Gasteiger partial charge in [0.2, 0.25) is 0 Å². The molecule has 0 bridgehead atoms. The Morgan fingerprint density at radius 2 is 2.17 bits per heavy atom. The zero-order valence-corrected chi connectivity index (χ0v) is 10.6. The minimum absolute atomic E-state index is 0.0288. The Labute approximate surface area is 105 Å². The standard InChI is InChI=1S/C13H17FN2O2/c1-8(2)7-15-13-11(16(17)18)6-5-10(14)12(13)9-3-4-9/h5-6,8-9,15H,3-4,7H2,1-2H3. The van der Waals surface area contributed by atoms with E-state index in [1.54, 1.807) is 0 Å². The van der Waals surface area contributed by atoms with Gasteiger partial charge in [-0.15, -0.1) is 0 Å². The van der Waals surface area contributed by atoms with Gasteiger partial charge in [-0.3, -0.25) is 10.1 Å². The molecule has 0 radical (unpaired) electrons. The average molecular weight is 252 g/mol. The molecule has 0 atom stereocenters. The van der Waals surface area contributed by atoms with Gasteiger partial charge in [0.1, 0.15) is 11.5 Å². The van der Waals surface area contributed by atoms with Crippen molar-refractivity contribution >= 4 is 11.4 Å². The average Bonchev–Trinajstić information content (AvgIpc) is 3.09. The van der Waals surface area contributed by atoms with Gasteiger partial charge in [-0.2, -0.15) is 0 Å². The molecule has 1 aromatic rings. The monoisotopic (exact) mass is 252 g/mol. The zero-order chi connectivity index (χ0) is 13.3. The molecule has 0 amide bonds. The van der Waals surface area contributed by atoms with Crippen LogP contribution in [0.1, 0.15) is 38.2 Å². The minimum Gasteiger partial charge on any atom is -0.379 e. The van der Waals surface area contributed by atoms with Gasteiger partial charge in [-0.1, -0.05) is 13.8 Å². The summed E-state index contributed by atoms with van der Waals surface area (Å²) in [7, 11) is 0. The van der Waals surface area contributed by atoms with Crippen LogP contribution in [0.3, 0.4) is 0 Å². The molecular weight excluding hydrogens is 235 g/mol. The fourth-order valence-corrected chi connectivity index (χ4v) is 2.00. The first-order chi connectivity index (χ1) is 8.50. The molecule has 1 N–H and O–H groups in total. The summed E-state index contributed by atoms with van der Waals surface area (Å²) in [5.74, 6) is 0.147. The first-order valence-electron chi connectivity index (χ1n) is 6.21. The van der Waals surface area contributed by atoms with Crippen molar-refractivity contribution in [2.45, 2.75) is 32.6 Å². The highest BCUT2D eigenvalue weighted by Crippen LogP contribution is 2.47. The number of rotatable bonds is 5. The van der Waals surface area contributed by atoms with Crippen LogP contribution in [0.5, 0.6) is 0 Å². The Balaban J connectivity index is 2.41. The van der Waals surface area contributed by atoms with Crippen molar-refractivity contribution in [2.75, 3.05) is 11.9 Å². The van der Waals surface area contributed by atoms with Crippen molar-refractivity contribution in [1.82, 2.24) is 0 Å². The predicted octanol–water partition coefficient (Wildman–Crippen LogP) is 3.68. The van der Waals surface area contributed by atoms with Gasteiger partial charge in [0.15, 0.2) is 0 Å². The van der Waals surface area contributed by atoms with Crippen LogP contribution in [-0.4, -0.2) is 11.5 Å². The molecule has 0 heterocycles. The van der Waals surface area contributed by atoms with Crippen LogP contribution in [0.15, 0.2) is 12.1 Å². The maximum Gasteiger partial charge on any atom is 0.292 e. The summed E-state index contributed by atoms with van der Waals surface area (Å²) >= 11 is 0. The highest BCUT2D eigenvalue weighted by atomic mass is 19.1. The Hall–Kier alpha value is -1.65. The minimum atomic E-state index is -0.450. The largest absolute Gasteiger partial charge is 0.379 e. The van der Waals surface area contributed by atoms with Gasteiger partial charge >= 0.3 is 0 Å². The summed E-state index contributed by atoms with van der Waals surface area (Å²) in [6.07, 6.45) is 1.82. The van der Waals surface area contributed by atoms with Crippen molar-refractivity contribution in [3.8, 4) is 0 Å². The molecule has 98 valence electrons. The molecule has 1 aliphatic carbocycles. The maximum absolute atomic E-state index is 13.8. The quantitative estimate of drug-likeness (QED) is 0.642. The molecule has 0 spiro atoms. The van der Waals surface area contributed by atoms with E-state index in [0.717, 1.165) is 12.8 Å². The second-order valence-corrected chi connectivity index (χ2v) is 5.16. The number of anilines is 1. The predicted molar refractivity (Wildman–Crippen MR) is 68.4 cm³/mol. The summed E-state index contributed by atoms with van der Waals surface area (Å²) in [5, 5.41) is 14.1. The van der Waals surface area contributed by atoms with Gasteiger partial charge in [-0.05, 0) is 30.7 Å². The van der Waals surface area contributed by atoms with E-state index in [9.17, 15) is 14.5 Å². The van der Waals surface area contributed by atoms with E-state index >= 15 is 0 Å². The maximum atomic E-state index is 13.8. The number of nitrogens with one attached hydrogen (secondary N) is 1. The van der Waals surface area contributed by atoms with Crippen LogP contribution < -0.4 is 5.32 Å². The number of hydrogen-bond donors (Lipinski definition) is 1. The van der Waals surface area contributed by atoms with E-state index in [1.807, 2.05) is 13.8 Å². The number of benzene rings is 1. The third kappa shape index (κ3) is 2.60. The summed E-state index contributed by atoms with van der Waals surface area (Å²) in [5.41, 5.74) is 0.833. The third-order valence-corrected chi connectivity index (χ3v) is 3.04. The van der Waals surface area contributed by atoms with Crippen molar-refractivity contribution in [1.29, 1.82) is 0 Å². The smallest absolute Gasteiger partial charge is 0.292 e. The molecule has 18 heavy (non-hydrogen) atoms. The number of halogens is 1. The van der Waals surface area contributed by atoms with E-state index < -0.39 is 4.92 Å². The van der Waals surface area contributed by atoms with E-state index in [0.29, 0.717) is 23.7 Å². The third-order valence-electron chi connectivity index (χ3n) is 3.04. The molecule has 1 aliphatic rings. The van der Waals surface area contributed by atoms with E-state index in [2.05, 4.69) is 5.32 Å². The molecule has 1 aromatic carbocycles. The molecule has 0 aromatic heterocycles. The molecule has 2 rings (SSSR count). The SMILES string of the molecule is CC(C)CNc1c([N+](=O)[O-])ccc(F)c1C1CC1. The van der Waals surface area contributed by atoms with Crippen molar-refractivity contribution in [2.24, 2.45) is 5.92 Å². The lowest BCUT2D eigenvalue weighted by Crippen LogP contribution is -2.12. The van der Waals surface area contributed by atoms with Gasteiger partial charge in [0.05, 0.1) is 4.92 Å². The van der Waals surface area contributed by atoms with Gasteiger partial charge in [0, 0.05) is 18.2 Å². The van der Waals surface area contributed by atoms with Crippen LogP contribution in [0, 0.1) is 21.8 Å². The van der Waals surface area contributed by atoms with Gasteiger partial charge in [0.25, 0.3) is 5.69 Å². The van der Waals surface area contributed by atoms with Crippen molar-refractivity contribution in [3.05, 3.63) is 33.6 Å². The van der Waals surface area contributed by atoms with E-state index in [1.165, 1.54) is 12.1 Å². The van der Waals surface area contributed by atoms with Crippen molar-refractivity contribution < 1.29 is 9.31 Å². The van der Waals surface area contributed by atoms with Crippen LogP contribution in [0.2, 0.25) is 0 Å². The summed E-state index contributed by atoms with van der Waals surface area (Å²) in [4.78, 5) is 10.6. The highest BCUT2D eigenvalue weighted by Gasteiger charge is 2.33. The number of nitrogens with zero attached hydrogens (tertiary/aromatic N) is 1. The second-order valence-electron chi connectivity index (χ2n) is 5.16. The molecule has 1 saturated carbocycles. The summed E-state index contributed by atoms with van der Waals surface area (Å²) in [6.45, 7) is 4.62. The van der Waals surface area contributed by atoms with E-state index in [4.69, 9.17) is 0 Å². The van der Waals surface area contributed by atoms with Crippen LogP contribution in [0.4, 0.5) is 15.8 Å². The second kappa shape index (κ2) is 4.92. The fourth-order valence-electron chi connectivity index (χ4n) is 2.00. The molecule has 0 saturated heterocycles. The lowest BCUT2D eigenvalue weighted by Gasteiger charge is -2.14. The molecule has 0 unspecified atom stereocenters. The Kier molecular flexibility index (Phi) is 3.50. The number of nitro groups is 1. The number of nitro benzene ring substituents is 1. The topological polar surface area (TPSA) is 55.2 Å². The molecule has 4 nitrogen and oxygen atoms in total. The highest BCUT2D eigenvalue weighted by molar-refractivity contribution is 5.68. The normalized spacial score (nSPS) is 14.9. The molecular formula is C13H17FN2O2. The number of hydrogen-bond acceptors (Lipinski definition) is 3. The molecule has 5 heteroatoms. The lowest BCUT2D eigenvalue weighted by molar-refractivity contribution is -0.384. The summed E-state index contributed by atoms with van der Waals surface area (Å²) < 4.78 is 13.8. The first kappa shape index (κ1) is 12.8. The molecule has 1 fully saturated rings. The molecule has 0 aliphatic heterocycles. The summed E-state index contributed by atoms with van der Waals surface area (Å²) in [6, 6.07) is 2.44. The Morgan fingerprint density at radius 3 is 2.67 bits per heavy atom. The lowest BCUT2D eigenvalue weighted by atomic mass is 10.1. The Bertz CT molecular complexity index is 470. The van der Waals surface area contributed by atoms with Crippen LogP contribution >= 0.6 is 0 Å². The van der Waals surface area contributed by atoms with Crippen LogP contribution in [-0.2, 0) is 0 Å². The first-order valence-corrected chi connectivity index (χ1v) is 6.21. The van der Waals surface area contributed by atoms with Crippen LogP contribution in [0.25, 0.3) is 0 Å². The van der Waals surface area contributed by atoms with Gasteiger partial charge < -0.3 is 5.32 Å². The van der Waals surface area contributed by atoms with Gasteiger partial charge in [-0.25, -0.2) is 4.39 Å².